The van der Waals surface area contributed by atoms with Crippen LogP contribution in [0.25, 0.3) is 11.0 Å². The van der Waals surface area contributed by atoms with Gasteiger partial charge in [-0.15, -0.1) is 0 Å². The van der Waals surface area contributed by atoms with Crippen LogP contribution in [0.2, 0.25) is 0 Å². The molecule has 0 aliphatic heterocycles. The van der Waals surface area contributed by atoms with Crippen LogP contribution in [0, 0.1) is 13.8 Å². The van der Waals surface area contributed by atoms with E-state index in [0.717, 1.165) is 33.9 Å². The van der Waals surface area contributed by atoms with E-state index in [-0.39, 0.29) is 18.9 Å². The molecule has 1 amide bonds. The highest BCUT2D eigenvalue weighted by Gasteiger charge is 2.15. The number of carbonyl (C=O) groups excluding carboxylic acids is 1. The smallest absolute Gasteiger partial charge is 0.226 e. The Kier molecular flexibility index (Phi) is 5.11. The molecule has 1 aromatic carbocycles. The molecule has 0 aliphatic rings. The number of nitrogens with one attached hydrogen (secondary N) is 1. The number of likely N-dealkylation sites (N-methyl/N-ethyl adjacent to an activating group) is 1. The Labute approximate surface area is 136 Å². The van der Waals surface area contributed by atoms with Crippen LogP contribution in [-0.4, -0.2) is 45.6 Å². The van der Waals surface area contributed by atoms with Crippen molar-refractivity contribution in [2.45, 2.75) is 20.3 Å². The molecule has 0 fully saturated rings. The molecule has 7 heteroatoms. The van der Waals surface area contributed by atoms with Crippen LogP contribution in [0.4, 0.5) is 0 Å². The Hall–Kier alpha value is -1.86. The highest BCUT2D eigenvalue weighted by molar-refractivity contribution is 7.88. The van der Waals surface area contributed by atoms with E-state index in [1.165, 1.54) is 4.90 Å². The Bertz CT molecular complexity index is 824. The number of aryl methyl sites for hydroxylation is 2. The van der Waals surface area contributed by atoms with Crippen molar-refractivity contribution >= 4 is 26.9 Å². The maximum Gasteiger partial charge on any atom is 0.226 e. The molecule has 0 spiro atoms. The molecule has 6 nitrogen and oxygen atoms in total. The van der Waals surface area contributed by atoms with Gasteiger partial charge in [-0.2, -0.15) is 0 Å². The van der Waals surface area contributed by atoms with E-state index in [9.17, 15) is 13.2 Å². The lowest BCUT2D eigenvalue weighted by Gasteiger charge is -2.16. The number of furan rings is 1. The summed E-state index contributed by atoms with van der Waals surface area (Å²) < 4.78 is 30.0. The van der Waals surface area contributed by atoms with Crippen molar-refractivity contribution in [1.82, 2.24) is 9.62 Å². The summed E-state index contributed by atoms with van der Waals surface area (Å²) in [5.74, 6) is -0.0822. The van der Waals surface area contributed by atoms with Crippen molar-refractivity contribution in [1.29, 1.82) is 0 Å². The third kappa shape index (κ3) is 4.33. The minimum atomic E-state index is -3.24. The lowest BCUT2D eigenvalue weighted by molar-refractivity contribution is -0.129. The van der Waals surface area contributed by atoms with Gasteiger partial charge in [0, 0.05) is 31.1 Å². The minimum Gasteiger partial charge on any atom is -0.464 e. The second-order valence-corrected chi connectivity index (χ2v) is 7.64. The number of hydrogen-bond acceptors (Lipinski definition) is 4. The zero-order chi connectivity index (χ0) is 17.2. The van der Waals surface area contributed by atoms with Crippen molar-refractivity contribution in [2.75, 3.05) is 26.4 Å². The second kappa shape index (κ2) is 6.72. The summed E-state index contributed by atoms with van der Waals surface area (Å²) in [5, 5.41) is 0.948. The molecule has 0 aliphatic carbocycles. The van der Waals surface area contributed by atoms with Gasteiger partial charge in [-0.1, -0.05) is 12.1 Å². The molecule has 1 N–H and O–H groups in total. The Morgan fingerprint density at radius 3 is 2.65 bits per heavy atom. The summed E-state index contributed by atoms with van der Waals surface area (Å²) in [6, 6.07) is 3.98. The number of rotatable bonds is 6. The Balaban J connectivity index is 2.04. The number of sulfonamides is 1. The third-order valence-electron chi connectivity index (χ3n) is 3.92. The van der Waals surface area contributed by atoms with E-state index in [0.29, 0.717) is 6.54 Å². The summed E-state index contributed by atoms with van der Waals surface area (Å²) in [7, 11) is -1.58. The lowest BCUT2D eigenvalue weighted by Crippen LogP contribution is -2.36. The van der Waals surface area contributed by atoms with E-state index in [2.05, 4.69) is 4.72 Å². The molecule has 0 atom stereocenters. The van der Waals surface area contributed by atoms with E-state index in [4.69, 9.17) is 4.42 Å². The highest BCUT2D eigenvalue weighted by atomic mass is 32.2. The molecular formula is C16H22N2O4S. The van der Waals surface area contributed by atoms with Crippen LogP contribution in [0.1, 0.15) is 16.7 Å². The van der Waals surface area contributed by atoms with E-state index >= 15 is 0 Å². The molecule has 0 radical (unpaired) electrons. The predicted octanol–water partition coefficient (Wildman–Crippen LogP) is 1.60. The fraction of sp³-hybridized carbons (Fsp3) is 0.438. The SMILES string of the molecule is Cc1ccc2c(CC(=O)N(C)CCNS(C)(=O)=O)coc2c1C. The van der Waals surface area contributed by atoms with Crippen LogP contribution >= 0.6 is 0 Å². The monoisotopic (exact) mass is 338 g/mol. The largest absolute Gasteiger partial charge is 0.464 e. The predicted molar refractivity (Wildman–Crippen MR) is 89.9 cm³/mol. The van der Waals surface area contributed by atoms with Crippen molar-refractivity contribution in [3.8, 4) is 0 Å². The number of amides is 1. The number of nitrogens with zero attached hydrogens (tertiary/aromatic N) is 1. The van der Waals surface area contributed by atoms with E-state index < -0.39 is 10.0 Å². The fourth-order valence-corrected chi connectivity index (χ4v) is 2.81. The van der Waals surface area contributed by atoms with Gasteiger partial charge in [0.15, 0.2) is 0 Å². The Morgan fingerprint density at radius 1 is 1.30 bits per heavy atom. The molecule has 0 saturated carbocycles. The topological polar surface area (TPSA) is 79.6 Å². The molecule has 0 bridgehead atoms. The number of hydrogen-bond donors (Lipinski definition) is 1. The van der Waals surface area contributed by atoms with Crippen LogP contribution in [0.3, 0.4) is 0 Å². The first-order valence-corrected chi connectivity index (χ1v) is 9.23. The number of benzene rings is 1. The maximum absolute atomic E-state index is 12.3. The molecule has 2 rings (SSSR count). The van der Waals surface area contributed by atoms with Crippen molar-refractivity contribution in [2.24, 2.45) is 0 Å². The van der Waals surface area contributed by atoms with Crippen LogP contribution < -0.4 is 4.72 Å². The average Bonchev–Trinajstić information content (AvgIpc) is 2.85. The zero-order valence-electron chi connectivity index (χ0n) is 13.8. The normalized spacial score (nSPS) is 11.8. The van der Waals surface area contributed by atoms with Gasteiger partial charge in [0.25, 0.3) is 0 Å². The quantitative estimate of drug-likeness (QED) is 0.867. The molecule has 2 aromatic rings. The van der Waals surface area contributed by atoms with E-state index in [1.807, 2.05) is 26.0 Å². The maximum atomic E-state index is 12.3. The summed E-state index contributed by atoms with van der Waals surface area (Å²) in [4.78, 5) is 13.8. The summed E-state index contributed by atoms with van der Waals surface area (Å²) in [5.41, 5.74) is 3.88. The van der Waals surface area contributed by atoms with Gasteiger partial charge in [-0.25, -0.2) is 13.1 Å². The average molecular weight is 338 g/mol. The summed E-state index contributed by atoms with van der Waals surface area (Å²) >= 11 is 0. The Morgan fingerprint density at radius 2 is 2.00 bits per heavy atom. The van der Waals surface area contributed by atoms with Crippen molar-refractivity contribution in [3.05, 3.63) is 35.1 Å². The molecule has 0 saturated heterocycles. The minimum absolute atomic E-state index is 0.0822. The molecular weight excluding hydrogens is 316 g/mol. The second-order valence-electron chi connectivity index (χ2n) is 5.80. The van der Waals surface area contributed by atoms with Gasteiger partial charge in [0.05, 0.1) is 18.9 Å². The van der Waals surface area contributed by atoms with Crippen LogP contribution in [0.5, 0.6) is 0 Å². The first-order chi connectivity index (χ1) is 10.7. The fourth-order valence-electron chi connectivity index (χ4n) is 2.35. The third-order valence-corrected chi connectivity index (χ3v) is 4.65. The van der Waals surface area contributed by atoms with Crippen molar-refractivity contribution in [3.63, 3.8) is 0 Å². The molecule has 126 valence electrons. The first-order valence-electron chi connectivity index (χ1n) is 7.34. The van der Waals surface area contributed by atoms with Crippen LogP contribution in [0.15, 0.2) is 22.8 Å². The standard InChI is InChI=1S/C16H22N2O4S/c1-11-5-6-14-13(10-22-16(14)12(11)2)9-15(19)18(3)8-7-17-23(4,20)21/h5-6,10,17H,7-9H2,1-4H3. The lowest BCUT2D eigenvalue weighted by atomic mass is 10.0. The molecule has 23 heavy (non-hydrogen) atoms. The molecule has 1 heterocycles. The van der Waals surface area contributed by atoms with Gasteiger partial charge in [0.2, 0.25) is 15.9 Å². The van der Waals surface area contributed by atoms with Gasteiger partial charge < -0.3 is 9.32 Å². The summed E-state index contributed by atoms with van der Waals surface area (Å²) in [6.45, 7) is 4.53. The summed E-state index contributed by atoms with van der Waals surface area (Å²) in [6.07, 6.45) is 2.94. The van der Waals surface area contributed by atoms with Gasteiger partial charge in [-0.05, 0) is 25.0 Å². The van der Waals surface area contributed by atoms with Crippen molar-refractivity contribution < 1.29 is 17.6 Å². The van der Waals surface area contributed by atoms with E-state index in [1.54, 1.807) is 13.3 Å². The van der Waals surface area contributed by atoms with Gasteiger partial charge >= 0.3 is 0 Å². The van der Waals surface area contributed by atoms with Crippen LogP contribution in [-0.2, 0) is 21.2 Å². The molecule has 1 aromatic heterocycles. The first kappa shape index (κ1) is 17.5. The van der Waals surface area contributed by atoms with Gasteiger partial charge in [-0.3, -0.25) is 4.79 Å². The van der Waals surface area contributed by atoms with Gasteiger partial charge in [0.1, 0.15) is 5.58 Å². The zero-order valence-corrected chi connectivity index (χ0v) is 14.7. The highest BCUT2D eigenvalue weighted by Crippen LogP contribution is 2.26. The number of carbonyl (C=O) groups is 1. The molecule has 0 unspecified atom stereocenters. The number of fused-ring (bicyclic) bond motifs is 1.